The van der Waals surface area contributed by atoms with Crippen LogP contribution in [-0.2, 0) is 4.74 Å². The number of amides is 2. The summed E-state index contributed by atoms with van der Waals surface area (Å²) in [6.45, 7) is 2.77. The Labute approximate surface area is 117 Å². The molecule has 0 spiro atoms. The number of carbonyl (C=O) groups excluding carboxylic acids is 2. The molecule has 0 saturated heterocycles. The first kappa shape index (κ1) is 15.3. The molecular weight excluding hydrogens is 268 g/mol. The third kappa shape index (κ3) is 6.10. The molecule has 104 valence electrons. The first-order valence-corrected chi connectivity index (χ1v) is 6.48. The number of alkyl halides is 1. The van der Waals surface area contributed by atoms with E-state index >= 15 is 0 Å². The number of aryl methyl sites for hydroxylation is 1. The van der Waals surface area contributed by atoms with Crippen LogP contribution in [0.1, 0.15) is 15.9 Å². The Morgan fingerprint density at radius 2 is 1.79 bits per heavy atom. The van der Waals surface area contributed by atoms with Crippen LogP contribution in [0, 0.1) is 6.92 Å². The zero-order chi connectivity index (χ0) is 14.1. The predicted octanol–water partition coefficient (Wildman–Crippen LogP) is 1.69. The average molecular weight is 285 g/mol. The fraction of sp³-hybridized carbons (Fsp3) is 0.385. The van der Waals surface area contributed by atoms with Crippen molar-refractivity contribution >= 4 is 23.6 Å². The summed E-state index contributed by atoms with van der Waals surface area (Å²) in [6, 6.07) is 7.26. The van der Waals surface area contributed by atoms with Crippen LogP contribution >= 0.6 is 11.6 Å². The molecule has 19 heavy (non-hydrogen) atoms. The molecule has 2 amide bonds. The van der Waals surface area contributed by atoms with E-state index in [1.54, 1.807) is 12.1 Å². The van der Waals surface area contributed by atoms with E-state index < -0.39 is 6.09 Å². The first-order chi connectivity index (χ1) is 9.13. The summed E-state index contributed by atoms with van der Waals surface area (Å²) in [5.74, 6) is 0.0910. The second-order valence-corrected chi connectivity index (χ2v) is 4.25. The second-order valence-electron chi connectivity index (χ2n) is 3.87. The smallest absolute Gasteiger partial charge is 0.407 e. The van der Waals surface area contributed by atoms with E-state index in [0.29, 0.717) is 18.7 Å². The number of benzene rings is 1. The molecule has 0 atom stereocenters. The van der Waals surface area contributed by atoms with E-state index in [2.05, 4.69) is 10.6 Å². The van der Waals surface area contributed by atoms with Gasteiger partial charge in [-0.25, -0.2) is 4.79 Å². The zero-order valence-electron chi connectivity index (χ0n) is 10.7. The van der Waals surface area contributed by atoms with Crippen LogP contribution in [0.5, 0.6) is 0 Å². The minimum Gasteiger partial charge on any atom is -0.448 e. The van der Waals surface area contributed by atoms with Gasteiger partial charge in [-0.3, -0.25) is 4.79 Å². The maximum atomic E-state index is 11.7. The highest BCUT2D eigenvalue weighted by molar-refractivity contribution is 6.18. The average Bonchev–Trinajstić information content (AvgIpc) is 2.41. The molecule has 0 fully saturated rings. The Kier molecular flexibility index (Phi) is 6.74. The lowest BCUT2D eigenvalue weighted by molar-refractivity contribution is 0.0952. The number of halogens is 1. The molecule has 0 unspecified atom stereocenters. The quantitative estimate of drug-likeness (QED) is 0.617. The number of alkyl carbamates (subject to hydrolysis) is 1. The molecule has 5 nitrogen and oxygen atoms in total. The molecule has 1 rings (SSSR count). The van der Waals surface area contributed by atoms with Crippen molar-refractivity contribution in [3.8, 4) is 0 Å². The van der Waals surface area contributed by atoms with Gasteiger partial charge in [-0.15, -0.1) is 11.6 Å². The minimum atomic E-state index is -0.537. The summed E-state index contributed by atoms with van der Waals surface area (Å²) in [5.41, 5.74) is 1.69. The Hall–Kier alpha value is -1.75. The van der Waals surface area contributed by atoms with Gasteiger partial charge in [0.05, 0.1) is 5.88 Å². The molecule has 0 bridgehead atoms. The molecule has 0 aliphatic carbocycles. The highest BCUT2D eigenvalue weighted by Gasteiger charge is 2.04. The molecule has 1 aromatic rings. The molecule has 0 heterocycles. The molecule has 0 aromatic heterocycles. The van der Waals surface area contributed by atoms with Crippen molar-refractivity contribution in [3.63, 3.8) is 0 Å². The zero-order valence-corrected chi connectivity index (χ0v) is 11.5. The highest BCUT2D eigenvalue weighted by Crippen LogP contribution is 2.02. The lowest BCUT2D eigenvalue weighted by Gasteiger charge is -2.07. The van der Waals surface area contributed by atoms with E-state index in [1.165, 1.54) is 0 Å². The van der Waals surface area contributed by atoms with Gasteiger partial charge in [0.15, 0.2) is 0 Å². The molecule has 0 aliphatic rings. The van der Waals surface area contributed by atoms with Crippen LogP contribution in [0.4, 0.5) is 4.79 Å². The third-order valence-corrected chi connectivity index (χ3v) is 2.46. The number of nitrogens with one attached hydrogen (secondary N) is 2. The van der Waals surface area contributed by atoms with Crippen molar-refractivity contribution in [2.75, 3.05) is 25.6 Å². The van der Waals surface area contributed by atoms with Gasteiger partial charge >= 0.3 is 6.09 Å². The summed E-state index contributed by atoms with van der Waals surface area (Å²) < 4.78 is 4.70. The maximum absolute atomic E-state index is 11.7. The van der Waals surface area contributed by atoms with Crippen molar-refractivity contribution in [2.45, 2.75) is 6.92 Å². The fourth-order valence-electron chi connectivity index (χ4n) is 1.33. The number of hydrogen-bond donors (Lipinski definition) is 2. The standard InChI is InChI=1S/C13H17ClN2O3/c1-10-2-4-11(5-3-10)12(17)15-7-8-16-13(18)19-9-6-14/h2-5H,6-9H2,1H3,(H,15,17)(H,16,18). The topological polar surface area (TPSA) is 67.4 Å². The van der Waals surface area contributed by atoms with Crippen LogP contribution in [0.15, 0.2) is 24.3 Å². The van der Waals surface area contributed by atoms with E-state index in [0.717, 1.165) is 5.56 Å². The van der Waals surface area contributed by atoms with Crippen molar-refractivity contribution in [1.82, 2.24) is 10.6 Å². The summed E-state index contributed by atoms with van der Waals surface area (Å²) >= 11 is 5.37. The number of carbonyl (C=O) groups is 2. The summed E-state index contributed by atoms with van der Waals surface area (Å²) in [5, 5.41) is 5.19. The Bertz CT molecular complexity index is 420. The summed E-state index contributed by atoms with van der Waals surface area (Å²) in [7, 11) is 0. The van der Waals surface area contributed by atoms with Gasteiger partial charge < -0.3 is 15.4 Å². The number of rotatable bonds is 6. The van der Waals surface area contributed by atoms with E-state index in [9.17, 15) is 9.59 Å². The van der Waals surface area contributed by atoms with Crippen LogP contribution in [-0.4, -0.2) is 37.6 Å². The largest absolute Gasteiger partial charge is 0.448 e. The van der Waals surface area contributed by atoms with Crippen molar-refractivity contribution in [2.24, 2.45) is 0 Å². The SMILES string of the molecule is Cc1ccc(C(=O)NCCNC(=O)OCCCl)cc1. The van der Waals surface area contributed by atoms with Gasteiger partial charge in [0.1, 0.15) is 6.61 Å². The van der Waals surface area contributed by atoms with Gasteiger partial charge in [-0.05, 0) is 19.1 Å². The molecule has 0 saturated carbocycles. The molecule has 0 radical (unpaired) electrons. The van der Waals surface area contributed by atoms with Gasteiger partial charge in [0.2, 0.25) is 0 Å². The molecule has 6 heteroatoms. The summed E-state index contributed by atoms with van der Waals surface area (Å²) in [6.07, 6.45) is -0.537. The van der Waals surface area contributed by atoms with Crippen LogP contribution in [0.2, 0.25) is 0 Å². The molecule has 2 N–H and O–H groups in total. The van der Waals surface area contributed by atoms with E-state index in [4.69, 9.17) is 16.3 Å². The van der Waals surface area contributed by atoms with Gasteiger partial charge in [-0.1, -0.05) is 17.7 Å². The molecular formula is C13H17ClN2O3. The normalized spacial score (nSPS) is 9.79. The highest BCUT2D eigenvalue weighted by atomic mass is 35.5. The van der Waals surface area contributed by atoms with Crippen LogP contribution in [0.3, 0.4) is 0 Å². The first-order valence-electron chi connectivity index (χ1n) is 5.95. The Morgan fingerprint density at radius 1 is 1.16 bits per heavy atom. The van der Waals surface area contributed by atoms with Crippen molar-refractivity contribution in [3.05, 3.63) is 35.4 Å². The van der Waals surface area contributed by atoms with Crippen molar-refractivity contribution < 1.29 is 14.3 Å². The van der Waals surface area contributed by atoms with Crippen LogP contribution < -0.4 is 10.6 Å². The minimum absolute atomic E-state index is 0.170. The van der Waals surface area contributed by atoms with E-state index in [-0.39, 0.29) is 18.4 Å². The Balaban J connectivity index is 2.20. The van der Waals surface area contributed by atoms with Crippen LogP contribution in [0.25, 0.3) is 0 Å². The van der Waals surface area contributed by atoms with Crippen molar-refractivity contribution in [1.29, 1.82) is 0 Å². The third-order valence-electron chi connectivity index (χ3n) is 2.30. The van der Waals surface area contributed by atoms with Gasteiger partial charge in [-0.2, -0.15) is 0 Å². The monoisotopic (exact) mass is 284 g/mol. The second kappa shape index (κ2) is 8.37. The lowest BCUT2D eigenvalue weighted by Crippen LogP contribution is -2.35. The van der Waals surface area contributed by atoms with E-state index in [1.807, 2.05) is 19.1 Å². The summed E-state index contributed by atoms with van der Waals surface area (Å²) in [4.78, 5) is 22.7. The predicted molar refractivity (Wildman–Crippen MR) is 73.6 cm³/mol. The lowest BCUT2D eigenvalue weighted by atomic mass is 10.1. The van der Waals surface area contributed by atoms with Gasteiger partial charge in [0.25, 0.3) is 5.91 Å². The fourth-order valence-corrected chi connectivity index (χ4v) is 1.41. The van der Waals surface area contributed by atoms with Gasteiger partial charge in [0, 0.05) is 18.7 Å². The molecule has 1 aromatic carbocycles. The Morgan fingerprint density at radius 3 is 2.42 bits per heavy atom. The number of hydrogen-bond acceptors (Lipinski definition) is 3. The maximum Gasteiger partial charge on any atom is 0.407 e. The molecule has 0 aliphatic heterocycles. The number of ether oxygens (including phenoxy) is 1.